The number of rotatable bonds is 7. The fourth-order valence-corrected chi connectivity index (χ4v) is 1.61. The molecule has 0 aliphatic carbocycles. The number of aliphatic hydroxyl groups excluding tert-OH is 1. The van der Waals surface area contributed by atoms with Gasteiger partial charge in [-0.15, -0.1) is 0 Å². The van der Waals surface area contributed by atoms with Gasteiger partial charge in [-0.25, -0.2) is 0 Å². The van der Waals surface area contributed by atoms with Crippen LogP contribution in [-0.2, 0) is 0 Å². The van der Waals surface area contributed by atoms with E-state index in [2.05, 4.69) is 5.32 Å². The zero-order valence-corrected chi connectivity index (χ0v) is 11.0. The first-order valence-electron chi connectivity index (χ1n) is 6.20. The number of hydrogen-bond donors (Lipinski definition) is 2. The molecule has 1 rings (SSSR count). The van der Waals surface area contributed by atoms with Gasteiger partial charge in [-0.3, -0.25) is 4.79 Å². The maximum Gasteiger partial charge on any atom is 0.251 e. The first kappa shape index (κ1) is 14.5. The summed E-state index contributed by atoms with van der Waals surface area (Å²) in [4.78, 5) is 11.8. The maximum atomic E-state index is 11.8. The number of methoxy groups -OCH3 is 1. The highest BCUT2D eigenvalue weighted by atomic mass is 16.5. The van der Waals surface area contributed by atoms with Crippen LogP contribution in [0.5, 0.6) is 5.75 Å². The molecule has 4 heteroatoms. The molecule has 4 nitrogen and oxygen atoms in total. The Morgan fingerprint density at radius 1 is 1.50 bits per heavy atom. The van der Waals surface area contributed by atoms with Gasteiger partial charge in [-0.1, -0.05) is 13.0 Å². The maximum absolute atomic E-state index is 11.8. The molecule has 1 atom stereocenters. The molecule has 1 aromatic rings. The number of ether oxygens (including phenoxy) is 1. The van der Waals surface area contributed by atoms with Gasteiger partial charge >= 0.3 is 0 Å². The smallest absolute Gasteiger partial charge is 0.251 e. The predicted molar refractivity (Wildman–Crippen MR) is 70.8 cm³/mol. The molecule has 0 bridgehead atoms. The molecule has 18 heavy (non-hydrogen) atoms. The van der Waals surface area contributed by atoms with E-state index < -0.39 is 0 Å². The molecule has 0 heterocycles. The molecule has 0 spiro atoms. The monoisotopic (exact) mass is 251 g/mol. The molecule has 1 unspecified atom stereocenters. The third kappa shape index (κ3) is 4.75. The summed E-state index contributed by atoms with van der Waals surface area (Å²) in [7, 11) is 1.58. The van der Waals surface area contributed by atoms with Crippen molar-refractivity contribution in [2.45, 2.75) is 19.8 Å². The number of amides is 1. The van der Waals surface area contributed by atoms with Crippen LogP contribution in [0.2, 0.25) is 0 Å². The number of nitrogens with one attached hydrogen (secondary N) is 1. The average Bonchev–Trinajstić information content (AvgIpc) is 2.43. The highest BCUT2D eigenvalue weighted by Crippen LogP contribution is 2.12. The van der Waals surface area contributed by atoms with Gasteiger partial charge in [0, 0.05) is 18.7 Å². The minimum atomic E-state index is -0.0921. The summed E-state index contributed by atoms with van der Waals surface area (Å²) in [5, 5.41) is 11.7. The Labute approximate surface area is 108 Å². The summed E-state index contributed by atoms with van der Waals surface area (Å²) in [5.41, 5.74) is 0.601. The Bertz CT molecular complexity index is 379. The van der Waals surface area contributed by atoms with Gasteiger partial charge in [0.2, 0.25) is 0 Å². The van der Waals surface area contributed by atoms with Crippen molar-refractivity contribution < 1.29 is 14.6 Å². The van der Waals surface area contributed by atoms with E-state index in [1.165, 1.54) is 0 Å². The molecule has 0 radical (unpaired) electrons. The Balaban J connectivity index is 2.36. The highest BCUT2D eigenvalue weighted by molar-refractivity contribution is 5.94. The van der Waals surface area contributed by atoms with E-state index in [-0.39, 0.29) is 12.5 Å². The van der Waals surface area contributed by atoms with E-state index in [0.29, 0.717) is 23.8 Å². The second kappa shape index (κ2) is 7.71. The van der Waals surface area contributed by atoms with Crippen molar-refractivity contribution in [3.8, 4) is 5.75 Å². The lowest BCUT2D eigenvalue weighted by atomic mass is 10.1. The summed E-state index contributed by atoms with van der Waals surface area (Å²) in [6, 6.07) is 7.07. The molecule has 0 fully saturated rings. The number of aliphatic hydroxyl groups is 1. The SMILES string of the molecule is COc1cccc(C(=O)NCCCC(C)CO)c1. The number of carbonyl (C=O) groups is 1. The van der Waals surface area contributed by atoms with Gasteiger partial charge in [0.15, 0.2) is 0 Å². The van der Waals surface area contributed by atoms with Crippen LogP contribution >= 0.6 is 0 Å². The van der Waals surface area contributed by atoms with Crippen molar-refractivity contribution in [1.82, 2.24) is 5.32 Å². The third-order valence-corrected chi connectivity index (χ3v) is 2.80. The van der Waals surface area contributed by atoms with Crippen molar-refractivity contribution in [2.24, 2.45) is 5.92 Å². The van der Waals surface area contributed by atoms with Crippen molar-refractivity contribution in [3.05, 3.63) is 29.8 Å². The lowest BCUT2D eigenvalue weighted by Gasteiger charge is -2.09. The van der Waals surface area contributed by atoms with Crippen molar-refractivity contribution in [2.75, 3.05) is 20.3 Å². The summed E-state index contributed by atoms with van der Waals surface area (Å²) in [6.45, 7) is 2.81. The second-order valence-corrected chi connectivity index (χ2v) is 4.42. The fourth-order valence-electron chi connectivity index (χ4n) is 1.61. The lowest BCUT2D eigenvalue weighted by Crippen LogP contribution is -2.24. The largest absolute Gasteiger partial charge is 0.497 e. The van der Waals surface area contributed by atoms with Gasteiger partial charge in [-0.05, 0) is 37.0 Å². The fraction of sp³-hybridized carbons (Fsp3) is 0.500. The van der Waals surface area contributed by atoms with Crippen LogP contribution in [0.1, 0.15) is 30.1 Å². The number of carbonyl (C=O) groups excluding carboxylic acids is 1. The molecular weight excluding hydrogens is 230 g/mol. The van der Waals surface area contributed by atoms with E-state index in [1.807, 2.05) is 6.92 Å². The van der Waals surface area contributed by atoms with Crippen LogP contribution in [0.25, 0.3) is 0 Å². The zero-order chi connectivity index (χ0) is 13.4. The standard InChI is InChI=1S/C14H21NO3/c1-11(10-16)5-4-8-15-14(17)12-6-3-7-13(9-12)18-2/h3,6-7,9,11,16H,4-5,8,10H2,1-2H3,(H,15,17). The summed E-state index contributed by atoms with van der Waals surface area (Å²) < 4.78 is 5.07. The molecule has 0 aromatic heterocycles. The second-order valence-electron chi connectivity index (χ2n) is 4.42. The van der Waals surface area contributed by atoms with Gasteiger partial charge in [0.05, 0.1) is 7.11 Å². The Morgan fingerprint density at radius 3 is 2.94 bits per heavy atom. The van der Waals surface area contributed by atoms with Crippen LogP contribution in [0.15, 0.2) is 24.3 Å². The van der Waals surface area contributed by atoms with Gasteiger partial charge in [0.25, 0.3) is 5.91 Å². The van der Waals surface area contributed by atoms with E-state index in [1.54, 1.807) is 31.4 Å². The molecule has 2 N–H and O–H groups in total. The van der Waals surface area contributed by atoms with Crippen molar-refractivity contribution in [3.63, 3.8) is 0 Å². The van der Waals surface area contributed by atoms with Crippen molar-refractivity contribution in [1.29, 1.82) is 0 Å². The molecular formula is C14H21NO3. The first-order valence-corrected chi connectivity index (χ1v) is 6.20. The van der Waals surface area contributed by atoms with Crippen LogP contribution in [0.4, 0.5) is 0 Å². The van der Waals surface area contributed by atoms with Crippen LogP contribution < -0.4 is 10.1 Å². The Kier molecular flexibility index (Phi) is 6.22. The third-order valence-electron chi connectivity index (χ3n) is 2.80. The van der Waals surface area contributed by atoms with Crippen LogP contribution in [0.3, 0.4) is 0 Å². The molecule has 0 aliphatic rings. The summed E-state index contributed by atoms with van der Waals surface area (Å²) >= 11 is 0. The molecule has 100 valence electrons. The molecule has 1 aromatic carbocycles. The molecule has 1 amide bonds. The minimum absolute atomic E-state index is 0.0921. The Hall–Kier alpha value is -1.55. The lowest BCUT2D eigenvalue weighted by molar-refractivity contribution is 0.0951. The van der Waals surface area contributed by atoms with Crippen molar-refractivity contribution >= 4 is 5.91 Å². The highest BCUT2D eigenvalue weighted by Gasteiger charge is 2.06. The molecule has 0 saturated carbocycles. The molecule has 0 aliphatic heterocycles. The van der Waals surface area contributed by atoms with Crippen LogP contribution in [0, 0.1) is 5.92 Å². The van der Waals surface area contributed by atoms with E-state index in [0.717, 1.165) is 12.8 Å². The first-order chi connectivity index (χ1) is 8.67. The normalized spacial score (nSPS) is 11.9. The summed E-state index contributed by atoms with van der Waals surface area (Å²) in [6.07, 6.45) is 1.78. The van der Waals surface area contributed by atoms with Gasteiger partial charge < -0.3 is 15.2 Å². The quantitative estimate of drug-likeness (QED) is 0.727. The number of benzene rings is 1. The van der Waals surface area contributed by atoms with E-state index in [4.69, 9.17) is 9.84 Å². The molecule has 0 saturated heterocycles. The number of hydrogen-bond acceptors (Lipinski definition) is 3. The minimum Gasteiger partial charge on any atom is -0.497 e. The average molecular weight is 251 g/mol. The predicted octanol–water partition coefficient (Wildman–Crippen LogP) is 1.83. The van der Waals surface area contributed by atoms with Gasteiger partial charge in [-0.2, -0.15) is 0 Å². The zero-order valence-electron chi connectivity index (χ0n) is 11.0. The topological polar surface area (TPSA) is 58.6 Å². The summed E-state index contributed by atoms with van der Waals surface area (Å²) in [5.74, 6) is 0.876. The van der Waals surface area contributed by atoms with Crippen LogP contribution in [-0.4, -0.2) is 31.3 Å². The Morgan fingerprint density at radius 2 is 2.28 bits per heavy atom. The van der Waals surface area contributed by atoms with E-state index in [9.17, 15) is 4.79 Å². The van der Waals surface area contributed by atoms with Gasteiger partial charge in [0.1, 0.15) is 5.75 Å². The van der Waals surface area contributed by atoms with E-state index >= 15 is 0 Å².